The Morgan fingerprint density at radius 2 is 2.04 bits per heavy atom. The van der Waals surface area contributed by atoms with E-state index in [9.17, 15) is 9.59 Å². The van der Waals surface area contributed by atoms with Gasteiger partial charge < -0.3 is 18.3 Å². The van der Waals surface area contributed by atoms with E-state index in [-0.39, 0.29) is 18.7 Å². The molecule has 0 radical (unpaired) electrons. The minimum absolute atomic E-state index is 0.230. The molecule has 0 N–H and O–H groups in total. The minimum Gasteiger partial charge on any atom is -0.482 e. The van der Waals surface area contributed by atoms with E-state index in [2.05, 4.69) is 0 Å². The number of ether oxygens (including phenoxy) is 2. The van der Waals surface area contributed by atoms with Gasteiger partial charge in [-0.1, -0.05) is 5.57 Å². The number of carbonyl (C=O) groups is 1. The number of hydrogen-bond acceptors (Lipinski definition) is 6. The van der Waals surface area contributed by atoms with Crippen molar-refractivity contribution in [3.05, 3.63) is 64.7 Å². The van der Waals surface area contributed by atoms with Gasteiger partial charge in [0.25, 0.3) is 0 Å². The summed E-state index contributed by atoms with van der Waals surface area (Å²) in [6.07, 6.45) is 7.01. The number of benzene rings is 1. The third kappa shape index (κ3) is 3.13. The number of hydrogen-bond donors (Lipinski definition) is 0. The fraction of sp³-hybridized carbons (Fsp3) is 0.200. The maximum absolute atomic E-state index is 11.6. The van der Waals surface area contributed by atoms with Gasteiger partial charge in [-0.15, -0.1) is 0 Å². The van der Waals surface area contributed by atoms with Gasteiger partial charge in [0.2, 0.25) is 5.75 Å². The first-order valence-electron chi connectivity index (χ1n) is 8.21. The fourth-order valence-corrected chi connectivity index (χ4v) is 2.93. The predicted molar refractivity (Wildman–Crippen MR) is 95.1 cm³/mol. The summed E-state index contributed by atoms with van der Waals surface area (Å²) in [6.45, 7) is 2.21. The Morgan fingerprint density at radius 1 is 1.19 bits per heavy atom. The average Bonchev–Trinajstić information content (AvgIpc) is 3.23. The van der Waals surface area contributed by atoms with Gasteiger partial charge in [0, 0.05) is 29.3 Å². The van der Waals surface area contributed by atoms with Crippen molar-refractivity contribution in [2.24, 2.45) is 0 Å². The van der Waals surface area contributed by atoms with Crippen LogP contribution in [0.25, 0.3) is 21.9 Å². The van der Waals surface area contributed by atoms with Crippen molar-refractivity contribution in [2.75, 3.05) is 6.61 Å². The summed E-state index contributed by atoms with van der Waals surface area (Å²) in [5.74, 6) is 0.0847. The number of carbonyl (C=O) groups excluding carboxylic acids is 1. The topological polar surface area (TPSA) is 78.9 Å². The molecule has 26 heavy (non-hydrogen) atoms. The second kappa shape index (κ2) is 6.55. The molecule has 2 aromatic heterocycles. The van der Waals surface area contributed by atoms with E-state index in [0.29, 0.717) is 23.3 Å². The quantitative estimate of drug-likeness (QED) is 0.395. The van der Waals surface area contributed by atoms with Gasteiger partial charge in [-0.25, -0.2) is 9.59 Å². The molecular weight excluding hydrogens is 336 g/mol. The van der Waals surface area contributed by atoms with Crippen molar-refractivity contribution >= 4 is 27.9 Å². The van der Waals surface area contributed by atoms with E-state index in [4.69, 9.17) is 18.3 Å². The largest absolute Gasteiger partial charge is 0.482 e. The van der Waals surface area contributed by atoms with Crippen LogP contribution < -0.4 is 10.4 Å². The molecule has 0 amide bonds. The highest BCUT2D eigenvalue weighted by Crippen LogP contribution is 2.35. The first-order valence-corrected chi connectivity index (χ1v) is 8.21. The lowest BCUT2D eigenvalue weighted by Gasteiger charge is -2.10. The Kier molecular flexibility index (Phi) is 4.08. The van der Waals surface area contributed by atoms with Crippen molar-refractivity contribution in [3.63, 3.8) is 0 Å². The van der Waals surface area contributed by atoms with Gasteiger partial charge in [0.05, 0.1) is 6.26 Å². The highest BCUT2D eigenvalue weighted by atomic mass is 16.5. The molecule has 1 aromatic carbocycles. The first-order chi connectivity index (χ1) is 12.6. The highest BCUT2D eigenvalue weighted by molar-refractivity contribution is 5.99. The van der Waals surface area contributed by atoms with Gasteiger partial charge in [0.15, 0.2) is 11.2 Å². The fourth-order valence-electron chi connectivity index (χ4n) is 2.93. The molecule has 1 atom stereocenters. The SMILES string of the molecule is CC(=CCOc1c2occc2cc2ccc(=O)oc12)CC1C=CC(=O)O1. The molecule has 1 aliphatic heterocycles. The Morgan fingerprint density at radius 3 is 2.85 bits per heavy atom. The minimum atomic E-state index is -0.449. The molecule has 132 valence electrons. The molecule has 6 nitrogen and oxygen atoms in total. The summed E-state index contributed by atoms with van der Waals surface area (Å²) in [7, 11) is 0. The molecule has 3 heterocycles. The molecule has 1 unspecified atom stereocenters. The van der Waals surface area contributed by atoms with Gasteiger partial charge in [0.1, 0.15) is 12.7 Å². The zero-order valence-electron chi connectivity index (χ0n) is 14.1. The Hall–Kier alpha value is -3.28. The van der Waals surface area contributed by atoms with Crippen LogP contribution in [-0.4, -0.2) is 18.7 Å². The smallest absolute Gasteiger partial charge is 0.336 e. The van der Waals surface area contributed by atoms with Gasteiger partial charge in [-0.3, -0.25) is 0 Å². The molecule has 1 aliphatic rings. The third-order valence-electron chi connectivity index (χ3n) is 4.18. The lowest BCUT2D eigenvalue weighted by atomic mass is 10.1. The first kappa shape index (κ1) is 16.2. The Labute approximate surface area is 148 Å². The summed E-state index contributed by atoms with van der Waals surface area (Å²) in [5.41, 5.74) is 1.46. The maximum atomic E-state index is 11.6. The standard InChI is InChI=1S/C20H16O6/c1-12(10-15-3-5-16(21)25-15)6-8-24-20-18-14(7-9-23-18)11-13-2-4-17(22)26-19(13)20/h2-7,9,11,15H,8,10H2,1H3. The van der Waals surface area contributed by atoms with E-state index >= 15 is 0 Å². The second-order valence-corrected chi connectivity index (χ2v) is 6.12. The number of fused-ring (bicyclic) bond motifs is 2. The van der Waals surface area contributed by atoms with Crippen LogP contribution in [-0.2, 0) is 9.53 Å². The molecule has 0 fully saturated rings. The molecule has 3 aromatic rings. The third-order valence-corrected chi connectivity index (χ3v) is 4.18. The molecule has 6 heteroatoms. The number of furan rings is 1. The van der Waals surface area contributed by atoms with E-state index in [0.717, 1.165) is 16.3 Å². The summed E-state index contributed by atoms with van der Waals surface area (Å²) in [4.78, 5) is 22.7. The normalized spacial score (nSPS) is 17.2. The molecule has 4 rings (SSSR count). The van der Waals surface area contributed by atoms with Crippen molar-refractivity contribution in [2.45, 2.75) is 19.4 Å². The Bertz CT molecular complexity index is 1100. The molecule has 0 saturated heterocycles. The van der Waals surface area contributed by atoms with Gasteiger partial charge in [-0.05, 0) is 37.3 Å². The van der Waals surface area contributed by atoms with E-state index in [1.807, 2.05) is 25.1 Å². The molecule has 0 aliphatic carbocycles. The molecule has 0 bridgehead atoms. The van der Waals surface area contributed by atoms with Crippen LogP contribution >= 0.6 is 0 Å². The zero-order valence-corrected chi connectivity index (χ0v) is 14.1. The van der Waals surface area contributed by atoms with Gasteiger partial charge >= 0.3 is 11.6 Å². The lowest BCUT2D eigenvalue weighted by molar-refractivity contribution is -0.138. The summed E-state index contributed by atoms with van der Waals surface area (Å²) in [6, 6.07) is 6.78. The molecule has 0 saturated carbocycles. The van der Waals surface area contributed by atoms with Crippen LogP contribution in [0.5, 0.6) is 5.75 Å². The number of rotatable bonds is 5. The maximum Gasteiger partial charge on any atom is 0.336 e. The highest BCUT2D eigenvalue weighted by Gasteiger charge is 2.17. The average molecular weight is 352 g/mol. The summed E-state index contributed by atoms with van der Waals surface area (Å²) in [5, 5.41) is 1.63. The molecular formula is C20H16O6. The van der Waals surface area contributed by atoms with Crippen LogP contribution in [0.15, 0.2) is 68.0 Å². The van der Waals surface area contributed by atoms with E-state index in [1.54, 1.807) is 18.4 Å². The van der Waals surface area contributed by atoms with Crippen molar-refractivity contribution in [3.8, 4) is 5.75 Å². The Balaban J connectivity index is 1.57. The second-order valence-electron chi connectivity index (χ2n) is 6.12. The van der Waals surface area contributed by atoms with E-state index in [1.165, 1.54) is 12.1 Å². The monoisotopic (exact) mass is 352 g/mol. The van der Waals surface area contributed by atoms with Crippen LogP contribution in [0.3, 0.4) is 0 Å². The molecule has 0 spiro atoms. The van der Waals surface area contributed by atoms with E-state index < -0.39 is 5.63 Å². The van der Waals surface area contributed by atoms with Crippen LogP contribution in [0.4, 0.5) is 0 Å². The predicted octanol–water partition coefficient (Wildman–Crippen LogP) is 3.74. The van der Waals surface area contributed by atoms with Crippen LogP contribution in [0.2, 0.25) is 0 Å². The van der Waals surface area contributed by atoms with Crippen LogP contribution in [0.1, 0.15) is 13.3 Å². The summed E-state index contributed by atoms with van der Waals surface area (Å²) < 4.78 is 21.8. The number of esters is 1. The van der Waals surface area contributed by atoms with Crippen molar-refractivity contribution in [1.29, 1.82) is 0 Å². The van der Waals surface area contributed by atoms with Crippen molar-refractivity contribution in [1.82, 2.24) is 0 Å². The van der Waals surface area contributed by atoms with Gasteiger partial charge in [-0.2, -0.15) is 0 Å². The number of cyclic esters (lactones) is 1. The summed E-state index contributed by atoms with van der Waals surface area (Å²) >= 11 is 0. The lowest BCUT2D eigenvalue weighted by Crippen LogP contribution is -2.08. The zero-order chi connectivity index (χ0) is 18.1. The van der Waals surface area contributed by atoms with Crippen LogP contribution in [0, 0.1) is 0 Å². The van der Waals surface area contributed by atoms with Crippen molar-refractivity contribution < 1.29 is 23.1 Å².